The number of rotatable bonds is 6. The summed E-state index contributed by atoms with van der Waals surface area (Å²) in [6.45, 7) is 4.98. The molecule has 0 N–H and O–H groups in total. The number of fused-ring (bicyclic) bond motifs is 1. The third-order valence-corrected chi connectivity index (χ3v) is 9.09. The van der Waals surface area contributed by atoms with E-state index >= 15 is 0 Å². The second-order valence-electron chi connectivity index (χ2n) is 10.1. The third kappa shape index (κ3) is 4.54. The quantitative estimate of drug-likeness (QED) is 0.201. The van der Waals surface area contributed by atoms with E-state index in [9.17, 15) is 27.4 Å². The molecule has 196 valence electrons. The van der Waals surface area contributed by atoms with E-state index in [4.69, 9.17) is 14.2 Å². The first-order valence-electron chi connectivity index (χ1n) is 11.9. The minimum absolute atomic E-state index is 0.110. The monoisotopic (exact) mass is 639 g/mol. The molecule has 3 aliphatic rings. The fourth-order valence-corrected chi connectivity index (χ4v) is 7.35. The predicted molar refractivity (Wildman–Crippen MR) is 136 cm³/mol. The molecule has 1 saturated heterocycles. The Hall–Kier alpha value is -2.51. The van der Waals surface area contributed by atoms with Gasteiger partial charge in [-0.1, -0.05) is 19.9 Å². The van der Waals surface area contributed by atoms with Gasteiger partial charge in [-0.25, -0.2) is 13.2 Å². The standard InChI is InChI=1S/C26H25IO9S/c1-11(2)15-10-18(12(3)7-19(15)37(31,32)33)34-25(29)20-16-9-17-21(20)26(30)36-23(17)22(16)35-24(28)13-5-4-6-14(27)8-13/h4-8,10-11,16-17,20-23H,9H2,1-3H3,(H,31,32,33)/p-1. The van der Waals surface area contributed by atoms with Crippen LogP contribution in [0.15, 0.2) is 41.3 Å². The van der Waals surface area contributed by atoms with Crippen molar-refractivity contribution in [2.24, 2.45) is 23.7 Å². The first kappa shape index (κ1) is 26.1. The van der Waals surface area contributed by atoms with Crippen molar-refractivity contribution < 1.29 is 41.6 Å². The maximum absolute atomic E-state index is 13.4. The van der Waals surface area contributed by atoms with Gasteiger partial charge in [0.25, 0.3) is 0 Å². The van der Waals surface area contributed by atoms with Gasteiger partial charge < -0.3 is 18.8 Å². The van der Waals surface area contributed by atoms with Gasteiger partial charge in [0, 0.05) is 15.4 Å². The molecule has 2 aromatic carbocycles. The summed E-state index contributed by atoms with van der Waals surface area (Å²) in [6.07, 6.45) is -0.903. The fraction of sp³-hybridized carbons (Fsp3) is 0.423. The van der Waals surface area contributed by atoms with Crippen LogP contribution >= 0.6 is 22.6 Å². The first-order chi connectivity index (χ1) is 17.4. The summed E-state index contributed by atoms with van der Waals surface area (Å²) < 4.78 is 53.2. The van der Waals surface area contributed by atoms with Crippen LogP contribution in [0.25, 0.3) is 0 Å². The van der Waals surface area contributed by atoms with E-state index in [0.717, 1.165) is 3.57 Å². The van der Waals surface area contributed by atoms with Crippen molar-refractivity contribution >= 4 is 50.6 Å². The van der Waals surface area contributed by atoms with Crippen molar-refractivity contribution in [3.63, 3.8) is 0 Å². The van der Waals surface area contributed by atoms with E-state index in [1.807, 2.05) is 6.07 Å². The Kier molecular flexibility index (Phi) is 6.60. The van der Waals surface area contributed by atoms with Gasteiger partial charge in [-0.05, 0) is 83.3 Å². The molecule has 6 atom stereocenters. The van der Waals surface area contributed by atoms with Gasteiger partial charge in [0.15, 0.2) is 0 Å². The summed E-state index contributed by atoms with van der Waals surface area (Å²) in [5, 5.41) is 0. The van der Waals surface area contributed by atoms with Gasteiger partial charge in [0.05, 0.1) is 22.3 Å². The molecule has 6 unspecified atom stereocenters. The zero-order valence-corrected chi connectivity index (χ0v) is 23.1. The smallest absolute Gasteiger partial charge is 0.338 e. The van der Waals surface area contributed by atoms with Crippen LogP contribution in [0.5, 0.6) is 5.75 Å². The van der Waals surface area contributed by atoms with Crippen LogP contribution in [0.4, 0.5) is 0 Å². The summed E-state index contributed by atoms with van der Waals surface area (Å²) in [6, 6.07) is 9.49. The Balaban J connectivity index is 1.42. The van der Waals surface area contributed by atoms with Crippen molar-refractivity contribution in [2.45, 2.75) is 50.2 Å². The van der Waals surface area contributed by atoms with Crippen LogP contribution in [0, 0.1) is 34.2 Å². The summed E-state index contributed by atoms with van der Waals surface area (Å²) in [5.41, 5.74) is 0.893. The Morgan fingerprint density at radius 2 is 1.89 bits per heavy atom. The highest BCUT2D eigenvalue weighted by Crippen LogP contribution is 2.59. The number of esters is 3. The van der Waals surface area contributed by atoms with Crippen LogP contribution in [0.1, 0.15) is 47.7 Å². The molecule has 2 aliphatic carbocycles. The molecule has 3 fully saturated rings. The number of hydrogen-bond donors (Lipinski definition) is 0. The van der Waals surface area contributed by atoms with E-state index in [1.54, 1.807) is 32.0 Å². The van der Waals surface area contributed by atoms with Gasteiger partial charge >= 0.3 is 17.9 Å². The summed E-state index contributed by atoms with van der Waals surface area (Å²) in [5.74, 6) is -4.26. The molecular formula is C26H24IO9S-. The molecular weight excluding hydrogens is 615 g/mol. The number of halogens is 1. The number of ether oxygens (including phenoxy) is 3. The van der Waals surface area contributed by atoms with Gasteiger partial charge in [-0.2, -0.15) is 0 Å². The normalized spacial score (nSPS) is 27.9. The van der Waals surface area contributed by atoms with E-state index in [2.05, 4.69) is 22.6 Å². The number of benzene rings is 2. The van der Waals surface area contributed by atoms with Crippen LogP contribution in [0.2, 0.25) is 0 Å². The van der Waals surface area contributed by atoms with Crippen molar-refractivity contribution in [2.75, 3.05) is 0 Å². The summed E-state index contributed by atoms with van der Waals surface area (Å²) in [7, 11) is -4.73. The zero-order chi connectivity index (χ0) is 26.8. The van der Waals surface area contributed by atoms with Crippen LogP contribution in [0.3, 0.4) is 0 Å². The average molecular weight is 639 g/mol. The maximum atomic E-state index is 13.4. The molecule has 0 aromatic heterocycles. The lowest BCUT2D eigenvalue weighted by molar-refractivity contribution is -0.149. The van der Waals surface area contributed by atoms with Crippen LogP contribution < -0.4 is 4.74 Å². The van der Waals surface area contributed by atoms with Crippen LogP contribution in [-0.2, 0) is 29.2 Å². The largest absolute Gasteiger partial charge is 0.744 e. The van der Waals surface area contributed by atoms with Crippen molar-refractivity contribution in [3.8, 4) is 5.75 Å². The molecule has 0 spiro atoms. The van der Waals surface area contributed by atoms with E-state index in [0.29, 0.717) is 17.5 Å². The molecule has 1 heterocycles. The Morgan fingerprint density at radius 3 is 2.54 bits per heavy atom. The second kappa shape index (κ2) is 9.35. The maximum Gasteiger partial charge on any atom is 0.338 e. The Bertz CT molecular complexity index is 1420. The first-order valence-corrected chi connectivity index (χ1v) is 14.3. The number of hydrogen-bond acceptors (Lipinski definition) is 9. The molecule has 1 aliphatic heterocycles. The van der Waals surface area contributed by atoms with E-state index in [-0.39, 0.29) is 28.0 Å². The predicted octanol–water partition coefficient (Wildman–Crippen LogP) is 3.57. The number of aryl methyl sites for hydroxylation is 1. The SMILES string of the molecule is Cc1cc(S(=O)(=O)[O-])c(C(C)C)cc1OC(=O)C1C2CC3C(OC(=O)C31)C2OC(=O)c1cccc(I)c1. The molecule has 11 heteroatoms. The van der Waals surface area contributed by atoms with Crippen molar-refractivity contribution in [1.82, 2.24) is 0 Å². The van der Waals surface area contributed by atoms with Crippen LogP contribution in [-0.4, -0.2) is 43.1 Å². The highest BCUT2D eigenvalue weighted by Gasteiger charge is 2.70. The molecule has 2 aromatic rings. The Labute approximate surface area is 227 Å². The van der Waals surface area contributed by atoms with Gasteiger partial charge in [-0.15, -0.1) is 0 Å². The van der Waals surface area contributed by atoms with Crippen molar-refractivity contribution in [3.05, 3.63) is 56.7 Å². The second-order valence-corrected chi connectivity index (χ2v) is 12.7. The highest BCUT2D eigenvalue weighted by atomic mass is 127. The van der Waals surface area contributed by atoms with E-state index < -0.39 is 58.0 Å². The summed E-state index contributed by atoms with van der Waals surface area (Å²) in [4.78, 5) is 38.6. The van der Waals surface area contributed by atoms with Gasteiger partial charge in [-0.3, -0.25) is 9.59 Å². The summed E-state index contributed by atoms with van der Waals surface area (Å²) >= 11 is 2.09. The Morgan fingerprint density at radius 1 is 1.16 bits per heavy atom. The third-order valence-electron chi connectivity index (χ3n) is 7.53. The van der Waals surface area contributed by atoms with E-state index in [1.165, 1.54) is 19.1 Å². The lowest BCUT2D eigenvalue weighted by atomic mass is 9.78. The molecule has 9 nitrogen and oxygen atoms in total. The van der Waals surface area contributed by atoms with Gasteiger partial charge in [0.1, 0.15) is 28.1 Å². The topological polar surface area (TPSA) is 136 Å². The lowest BCUT2D eigenvalue weighted by Gasteiger charge is -2.30. The molecule has 2 saturated carbocycles. The minimum Gasteiger partial charge on any atom is -0.744 e. The average Bonchev–Trinajstić information content (AvgIpc) is 3.43. The molecule has 37 heavy (non-hydrogen) atoms. The lowest BCUT2D eigenvalue weighted by Crippen LogP contribution is -2.44. The molecule has 2 bridgehead atoms. The minimum atomic E-state index is -4.73. The van der Waals surface area contributed by atoms with Crippen molar-refractivity contribution in [1.29, 1.82) is 0 Å². The zero-order valence-electron chi connectivity index (χ0n) is 20.2. The number of carbonyl (C=O) groups excluding carboxylic acids is 3. The molecule has 5 rings (SSSR count). The van der Waals surface area contributed by atoms with Gasteiger partial charge in [0.2, 0.25) is 0 Å². The molecule has 0 amide bonds. The highest BCUT2D eigenvalue weighted by molar-refractivity contribution is 14.1. The fourth-order valence-electron chi connectivity index (χ4n) is 5.91. The number of carbonyl (C=O) groups is 3. The molecule has 0 radical (unpaired) electrons.